The molecule has 0 radical (unpaired) electrons. The number of hydrogen-bond acceptors (Lipinski definition) is 4. The smallest absolute Gasteiger partial charge is 0.262 e. The first-order valence-electron chi connectivity index (χ1n) is 7.46. The predicted octanol–water partition coefficient (Wildman–Crippen LogP) is 1.97. The van der Waals surface area contributed by atoms with E-state index in [0.29, 0.717) is 22.5 Å². The van der Waals surface area contributed by atoms with Crippen LogP contribution in [-0.4, -0.2) is 24.4 Å². The Labute approximate surface area is 141 Å². The molecule has 1 aliphatic heterocycles. The molecule has 0 aromatic heterocycles. The van der Waals surface area contributed by atoms with E-state index < -0.39 is 0 Å². The molecule has 124 valence electrons. The fourth-order valence-electron chi connectivity index (χ4n) is 1.87. The van der Waals surface area contributed by atoms with E-state index in [4.69, 9.17) is 21.7 Å². The van der Waals surface area contributed by atoms with Gasteiger partial charge in [0, 0.05) is 12.6 Å². The van der Waals surface area contributed by atoms with E-state index in [-0.39, 0.29) is 12.7 Å². The molecule has 6 nitrogen and oxygen atoms in total. The normalized spacial score (nSPS) is 12.5. The van der Waals surface area contributed by atoms with Gasteiger partial charge in [-0.3, -0.25) is 15.6 Å². The lowest BCUT2D eigenvalue weighted by molar-refractivity contribution is -0.116. The largest absolute Gasteiger partial charge is 0.454 e. The lowest BCUT2D eigenvalue weighted by atomic mass is 10.1. The van der Waals surface area contributed by atoms with Gasteiger partial charge in [-0.2, -0.15) is 0 Å². The third-order valence-corrected chi connectivity index (χ3v) is 3.38. The van der Waals surface area contributed by atoms with Crippen LogP contribution in [-0.2, 0) is 4.79 Å². The van der Waals surface area contributed by atoms with E-state index in [1.807, 2.05) is 18.2 Å². The minimum Gasteiger partial charge on any atom is -0.454 e. The molecule has 0 saturated carbocycles. The number of amides is 1. The Morgan fingerprint density at radius 3 is 2.87 bits per heavy atom. The van der Waals surface area contributed by atoms with Crippen LogP contribution in [0.3, 0.4) is 0 Å². The molecular formula is C16H21N3O3S. The highest BCUT2D eigenvalue weighted by Gasteiger charge is 2.12. The van der Waals surface area contributed by atoms with Gasteiger partial charge in [0.25, 0.3) is 5.91 Å². The fraction of sp³-hybridized carbons (Fsp3) is 0.375. The molecule has 1 heterocycles. The van der Waals surface area contributed by atoms with Crippen LogP contribution in [0.1, 0.15) is 25.8 Å². The van der Waals surface area contributed by atoms with Gasteiger partial charge in [0.15, 0.2) is 16.6 Å². The average Bonchev–Trinajstić information content (AvgIpc) is 2.98. The molecule has 0 atom stereocenters. The van der Waals surface area contributed by atoms with Crippen molar-refractivity contribution >= 4 is 29.3 Å². The molecule has 0 saturated heterocycles. The van der Waals surface area contributed by atoms with Crippen LogP contribution in [0.15, 0.2) is 24.3 Å². The third-order valence-electron chi connectivity index (χ3n) is 3.13. The van der Waals surface area contributed by atoms with Gasteiger partial charge in [-0.25, -0.2) is 0 Å². The molecule has 0 spiro atoms. The monoisotopic (exact) mass is 335 g/mol. The SMILES string of the molecule is CC(C)CCNC(=S)NNC(=O)/C=C/c1ccc2c(c1)OCO2. The highest BCUT2D eigenvalue weighted by molar-refractivity contribution is 7.80. The van der Waals surface area contributed by atoms with Crippen LogP contribution in [0.2, 0.25) is 0 Å². The number of nitrogens with one attached hydrogen (secondary N) is 3. The standard InChI is InChI=1S/C16H21N3O3S/c1-11(2)7-8-17-16(23)19-18-15(20)6-4-12-3-5-13-14(9-12)22-10-21-13/h3-6,9,11H,7-8,10H2,1-2H3,(H,18,20)(H2,17,19,23)/b6-4+. The Morgan fingerprint density at radius 2 is 2.09 bits per heavy atom. The number of hydrogen-bond donors (Lipinski definition) is 3. The van der Waals surface area contributed by atoms with Crippen LogP contribution in [0, 0.1) is 5.92 Å². The highest BCUT2D eigenvalue weighted by atomic mass is 32.1. The molecule has 1 aromatic carbocycles. The number of ether oxygens (including phenoxy) is 2. The number of hydrazine groups is 1. The summed E-state index contributed by atoms with van der Waals surface area (Å²) in [6.45, 7) is 5.28. The van der Waals surface area contributed by atoms with Gasteiger partial charge in [-0.15, -0.1) is 0 Å². The Morgan fingerprint density at radius 1 is 1.30 bits per heavy atom. The number of benzene rings is 1. The number of carbonyl (C=O) groups excluding carboxylic acids is 1. The number of thiocarbonyl (C=S) groups is 1. The summed E-state index contributed by atoms with van der Waals surface area (Å²) in [7, 11) is 0. The summed E-state index contributed by atoms with van der Waals surface area (Å²) in [5.74, 6) is 1.70. The van der Waals surface area contributed by atoms with Crippen LogP contribution in [0.4, 0.5) is 0 Å². The van der Waals surface area contributed by atoms with Crippen LogP contribution < -0.4 is 25.6 Å². The molecule has 1 aliphatic rings. The minimum absolute atomic E-state index is 0.230. The van der Waals surface area contributed by atoms with E-state index in [0.717, 1.165) is 18.5 Å². The van der Waals surface area contributed by atoms with Crippen molar-refractivity contribution in [3.8, 4) is 11.5 Å². The van der Waals surface area contributed by atoms with Crippen molar-refractivity contribution in [1.82, 2.24) is 16.2 Å². The maximum atomic E-state index is 11.7. The summed E-state index contributed by atoms with van der Waals surface area (Å²) in [6, 6.07) is 5.48. The first-order chi connectivity index (χ1) is 11.0. The summed E-state index contributed by atoms with van der Waals surface area (Å²) in [6.07, 6.45) is 4.12. The topological polar surface area (TPSA) is 71.6 Å². The third kappa shape index (κ3) is 5.78. The quantitative estimate of drug-likeness (QED) is 0.434. The molecule has 23 heavy (non-hydrogen) atoms. The molecule has 7 heteroatoms. The molecule has 0 unspecified atom stereocenters. The first-order valence-corrected chi connectivity index (χ1v) is 7.87. The number of fused-ring (bicyclic) bond motifs is 1. The summed E-state index contributed by atoms with van der Waals surface area (Å²) >= 11 is 5.06. The van der Waals surface area contributed by atoms with E-state index in [1.165, 1.54) is 6.08 Å². The summed E-state index contributed by atoms with van der Waals surface area (Å²) in [5, 5.41) is 3.42. The van der Waals surface area contributed by atoms with Gasteiger partial charge in [0.1, 0.15) is 0 Å². The average molecular weight is 335 g/mol. The van der Waals surface area contributed by atoms with E-state index in [9.17, 15) is 4.79 Å². The Bertz CT molecular complexity index is 602. The maximum absolute atomic E-state index is 11.7. The first kappa shape index (κ1) is 17.1. The van der Waals surface area contributed by atoms with Crippen LogP contribution >= 0.6 is 12.2 Å². The summed E-state index contributed by atoms with van der Waals surface area (Å²) < 4.78 is 10.5. The van der Waals surface area contributed by atoms with Gasteiger partial charge < -0.3 is 14.8 Å². The van der Waals surface area contributed by atoms with Crippen molar-refractivity contribution in [3.05, 3.63) is 29.8 Å². The van der Waals surface area contributed by atoms with Gasteiger partial charge >= 0.3 is 0 Å². The van der Waals surface area contributed by atoms with Crippen molar-refractivity contribution in [2.75, 3.05) is 13.3 Å². The van der Waals surface area contributed by atoms with Crippen molar-refractivity contribution in [2.24, 2.45) is 5.92 Å². The second-order valence-electron chi connectivity index (χ2n) is 5.50. The van der Waals surface area contributed by atoms with E-state index in [1.54, 1.807) is 6.08 Å². The summed E-state index contributed by atoms with van der Waals surface area (Å²) in [4.78, 5) is 11.7. The molecule has 2 rings (SSSR count). The minimum atomic E-state index is -0.296. The predicted molar refractivity (Wildman–Crippen MR) is 92.9 cm³/mol. The Balaban J connectivity index is 1.73. The number of carbonyl (C=O) groups is 1. The number of rotatable bonds is 5. The second-order valence-corrected chi connectivity index (χ2v) is 5.91. The van der Waals surface area contributed by atoms with E-state index >= 15 is 0 Å². The van der Waals surface area contributed by atoms with Gasteiger partial charge in [0.2, 0.25) is 6.79 Å². The van der Waals surface area contributed by atoms with Crippen molar-refractivity contribution in [2.45, 2.75) is 20.3 Å². The van der Waals surface area contributed by atoms with Gasteiger partial charge in [0.05, 0.1) is 0 Å². The zero-order valence-corrected chi connectivity index (χ0v) is 14.0. The molecule has 1 aromatic rings. The van der Waals surface area contributed by atoms with Crippen molar-refractivity contribution in [3.63, 3.8) is 0 Å². The Hall–Kier alpha value is -2.28. The molecular weight excluding hydrogens is 314 g/mol. The van der Waals surface area contributed by atoms with Crippen LogP contribution in [0.25, 0.3) is 6.08 Å². The van der Waals surface area contributed by atoms with Gasteiger partial charge in [-0.05, 0) is 48.3 Å². The Kier molecular flexibility index (Phi) is 6.22. The summed E-state index contributed by atoms with van der Waals surface area (Å²) in [5.41, 5.74) is 6.02. The molecule has 0 fully saturated rings. The van der Waals surface area contributed by atoms with Crippen molar-refractivity contribution < 1.29 is 14.3 Å². The zero-order chi connectivity index (χ0) is 16.7. The van der Waals surface area contributed by atoms with Gasteiger partial charge in [-0.1, -0.05) is 19.9 Å². The fourth-order valence-corrected chi connectivity index (χ4v) is 2.02. The zero-order valence-electron chi connectivity index (χ0n) is 13.2. The molecule has 0 aliphatic carbocycles. The molecule has 3 N–H and O–H groups in total. The highest BCUT2D eigenvalue weighted by Crippen LogP contribution is 2.32. The maximum Gasteiger partial charge on any atom is 0.262 e. The van der Waals surface area contributed by atoms with E-state index in [2.05, 4.69) is 30.0 Å². The van der Waals surface area contributed by atoms with Crippen molar-refractivity contribution in [1.29, 1.82) is 0 Å². The second kappa shape index (κ2) is 8.38. The molecule has 1 amide bonds. The lowest BCUT2D eigenvalue weighted by Crippen LogP contribution is -2.46. The van der Waals surface area contributed by atoms with Crippen LogP contribution in [0.5, 0.6) is 11.5 Å². The lowest BCUT2D eigenvalue weighted by Gasteiger charge is -2.11. The molecule has 0 bridgehead atoms.